The monoisotopic (exact) mass is 390 g/mol. The molecule has 0 spiro atoms. The van der Waals surface area contributed by atoms with E-state index in [4.69, 9.17) is 9.47 Å². The van der Waals surface area contributed by atoms with Crippen molar-refractivity contribution in [1.82, 2.24) is 5.32 Å². The molecule has 1 aliphatic rings. The first kappa shape index (κ1) is 17.0. The second-order valence-electron chi connectivity index (χ2n) is 5.56. The molecule has 1 amide bonds. The van der Waals surface area contributed by atoms with Gasteiger partial charge in [-0.1, -0.05) is 15.9 Å². The molecular formula is C18H19BrN2O3. The fraction of sp³-hybridized carbons (Fsp3) is 0.278. The number of amides is 1. The molecule has 3 rings (SSSR count). The minimum absolute atomic E-state index is 0.0282. The summed E-state index contributed by atoms with van der Waals surface area (Å²) < 4.78 is 12.1. The number of carbonyl (C=O) groups is 1. The predicted molar refractivity (Wildman–Crippen MR) is 96.5 cm³/mol. The van der Waals surface area contributed by atoms with E-state index >= 15 is 0 Å². The van der Waals surface area contributed by atoms with Crippen molar-refractivity contribution in [1.29, 1.82) is 0 Å². The van der Waals surface area contributed by atoms with Gasteiger partial charge in [0, 0.05) is 29.2 Å². The van der Waals surface area contributed by atoms with Crippen LogP contribution in [0.2, 0.25) is 0 Å². The molecule has 24 heavy (non-hydrogen) atoms. The third-order valence-electron chi connectivity index (χ3n) is 3.62. The van der Waals surface area contributed by atoms with Gasteiger partial charge in [-0.3, -0.25) is 4.79 Å². The summed E-state index contributed by atoms with van der Waals surface area (Å²) in [4.78, 5) is 12.0. The van der Waals surface area contributed by atoms with Crippen molar-refractivity contribution in [3.8, 4) is 11.5 Å². The van der Waals surface area contributed by atoms with E-state index in [1.54, 1.807) is 0 Å². The van der Waals surface area contributed by atoms with Gasteiger partial charge >= 0.3 is 0 Å². The molecule has 6 heteroatoms. The molecule has 0 bridgehead atoms. The summed E-state index contributed by atoms with van der Waals surface area (Å²) in [5.74, 6) is 1.45. The highest BCUT2D eigenvalue weighted by molar-refractivity contribution is 9.10. The van der Waals surface area contributed by atoms with Crippen LogP contribution in [0.1, 0.15) is 6.42 Å². The molecule has 1 saturated heterocycles. The molecule has 0 radical (unpaired) electrons. The van der Waals surface area contributed by atoms with Crippen LogP contribution >= 0.6 is 15.9 Å². The van der Waals surface area contributed by atoms with Gasteiger partial charge in [-0.15, -0.1) is 0 Å². The topological polar surface area (TPSA) is 59.6 Å². The van der Waals surface area contributed by atoms with Gasteiger partial charge in [-0.25, -0.2) is 0 Å². The van der Waals surface area contributed by atoms with E-state index in [1.165, 1.54) is 0 Å². The van der Waals surface area contributed by atoms with E-state index in [0.717, 1.165) is 28.2 Å². The molecule has 1 unspecified atom stereocenters. The van der Waals surface area contributed by atoms with Gasteiger partial charge in [0.25, 0.3) is 0 Å². The molecule has 0 saturated carbocycles. The number of halogens is 1. The summed E-state index contributed by atoms with van der Waals surface area (Å²) in [6.07, 6.45) is 0.400. The molecule has 1 fully saturated rings. The first-order valence-corrected chi connectivity index (χ1v) is 8.63. The number of anilines is 1. The van der Waals surface area contributed by atoms with Crippen LogP contribution in [0.5, 0.6) is 11.5 Å². The number of nitrogens with one attached hydrogen (secondary N) is 2. The Balaban J connectivity index is 1.52. The highest BCUT2D eigenvalue weighted by Gasteiger charge is 2.16. The van der Waals surface area contributed by atoms with Gasteiger partial charge in [0.2, 0.25) is 5.91 Å². The SMILES string of the molecule is O=C(CC1COCCN1)Nc1ccc(Oc2ccc(Br)cc2)cc1. The predicted octanol–water partition coefficient (Wildman–Crippen LogP) is 3.56. The van der Waals surface area contributed by atoms with Crippen molar-refractivity contribution < 1.29 is 14.3 Å². The van der Waals surface area contributed by atoms with Crippen LogP contribution in [0.4, 0.5) is 5.69 Å². The molecule has 2 aromatic carbocycles. The Hall–Kier alpha value is -1.89. The fourth-order valence-corrected chi connectivity index (χ4v) is 2.70. The Labute approximate surface area is 149 Å². The minimum atomic E-state index is -0.0282. The van der Waals surface area contributed by atoms with Gasteiger partial charge in [0.05, 0.1) is 13.2 Å². The van der Waals surface area contributed by atoms with Crippen LogP contribution in [0.25, 0.3) is 0 Å². The van der Waals surface area contributed by atoms with Gasteiger partial charge in [-0.05, 0) is 48.5 Å². The number of ether oxygens (including phenoxy) is 2. The van der Waals surface area contributed by atoms with Crippen LogP contribution in [-0.4, -0.2) is 31.7 Å². The van der Waals surface area contributed by atoms with E-state index in [1.807, 2.05) is 48.5 Å². The zero-order chi connectivity index (χ0) is 16.8. The highest BCUT2D eigenvalue weighted by atomic mass is 79.9. The zero-order valence-corrected chi connectivity index (χ0v) is 14.7. The lowest BCUT2D eigenvalue weighted by molar-refractivity contribution is -0.117. The lowest BCUT2D eigenvalue weighted by Crippen LogP contribution is -2.43. The van der Waals surface area contributed by atoms with E-state index in [9.17, 15) is 4.79 Å². The maximum Gasteiger partial charge on any atom is 0.226 e. The van der Waals surface area contributed by atoms with E-state index in [-0.39, 0.29) is 11.9 Å². The Bertz CT molecular complexity index is 668. The molecule has 0 aromatic heterocycles. The van der Waals surface area contributed by atoms with Crippen LogP contribution in [0.3, 0.4) is 0 Å². The molecule has 1 atom stereocenters. The highest BCUT2D eigenvalue weighted by Crippen LogP contribution is 2.24. The molecule has 0 aliphatic carbocycles. The summed E-state index contributed by atoms with van der Waals surface area (Å²) in [7, 11) is 0. The summed E-state index contributed by atoms with van der Waals surface area (Å²) in [5, 5.41) is 6.16. The number of hydrogen-bond acceptors (Lipinski definition) is 4. The standard InChI is InChI=1S/C18H19BrN2O3/c19-13-1-5-16(6-2-13)24-17-7-3-14(4-8-17)21-18(22)11-15-12-23-10-9-20-15/h1-8,15,20H,9-12H2,(H,21,22). The first-order chi connectivity index (χ1) is 11.7. The quantitative estimate of drug-likeness (QED) is 0.819. The maximum absolute atomic E-state index is 12.0. The maximum atomic E-state index is 12.0. The Morgan fingerprint density at radius 2 is 1.83 bits per heavy atom. The Kier molecular flexibility index (Phi) is 5.85. The zero-order valence-electron chi connectivity index (χ0n) is 13.1. The van der Waals surface area contributed by atoms with E-state index in [0.29, 0.717) is 19.6 Å². The molecule has 2 N–H and O–H groups in total. The summed E-state index contributed by atoms with van der Waals surface area (Å²) in [5.41, 5.74) is 0.750. The van der Waals surface area contributed by atoms with Crippen molar-refractivity contribution in [3.63, 3.8) is 0 Å². The number of rotatable bonds is 5. The third kappa shape index (κ3) is 5.06. The van der Waals surface area contributed by atoms with Gasteiger partial charge in [0.1, 0.15) is 11.5 Å². The lowest BCUT2D eigenvalue weighted by atomic mass is 10.2. The first-order valence-electron chi connectivity index (χ1n) is 7.83. The lowest BCUT2D eigenvalue weighted by Gasteiger charge is -2.23. The molecular weight excluding hydrogens is 372 g/mol. The number of benzene rings is 2. The van der Waals surface area contributed by atoms with Crippen LogP contribution < -0.4 is 15.4 Å². The molecule has 5 nitrogen and oxygen atoms in total. The summed E-state index contributed by atoms with van der Waals surface area (Å²) in [6.45, 7) is 2.07. The van der Waals surface area contributed by atoms with Crippen LogP contribution in [-0.2, 0) is 9.53 Å². The van der Waals surface area contributed by atoms with Gasteiger partial charge in [0.15, 0.2) is 0 Å². The summed E-state index contributed by atoms with van der Waals surface area (Å²) in [6, 6.07) is 15.0. The van der Waals surface area contributed by atoms with Crippen molar-refractivity contribution in [2.24, 2.45) is 0 Å². The Morgan fingerprint density at radius 3 is 2.46 bits per heavy atom. The van der Waals surface area contributed by atoms with Crippen molar-refractivity contribution in [2.45, 2.75) is 12.5 Å². The second-order valence-corrected chi connectivity index (χ2v) is 6.47. The van der Waals surface area contributed by atoms with Crippen molar-refractivity contribution in [3.05, 3.63) is 53.0 Å². The largest absolute Gasteiger partial charge is 0.457 e. The smallest absolute Gasteiger partial charge is 0.226 e. The van der Waals surface area contributed by atoms with E-state index < -0.39 is 0 Å². The number of carbonyl (C=O) groups excluding carboxylic acids is 1. The number of hydrogen-bond donors (Lipinski definition) is 2. The van der Waals surface area contributed by atoms with Crippen LogP contribution in [0.15, 0.2) is 53.0 Å². The van der Waals surface area contributed by atoms with Gasteiger partial charge in [-0.2, -0.15) is 0 Å². The minimum Gasteiger partial charge on any atom is -0.457 e. The molecule has 2 aromatic rings. The van der Waals surface area contributed by atoms with Crippen molar-refractivity contribution in [2.75, 3.05) is 25.1 Å². The van der Waals surface area contributed by atoms with Crippen LogP contribution in [0, 0.1) is 0 Å². The van der Waals surface area contributed by atoms with Crippen molar-refractivity contribution >= 4 is 27.5 Å². The normalized spacial score (nSPS) is 17.3. The average molecular weight is 391 g/mol. The van der Waals surface area contributed by atoms with E-state index in [2.05, 4.69) is 26.6 Å². The average Bonchev–Trinajstić information content (AvgIpc) is 2.59. The third-order valence-corrected chi connectivity index (χ3v) is 4.15. The van der Waals surface area contributed by atoms with Gasteiger partial charge < -0.3 is 20.1 Å². The second kappa shape index (κ2) is 8.28. The number of morpholine rings is 1. The Morgan fingerprint density at radius 1 is 1.17 bits per heavy atom. The molecule has 126 valence electrons. The summed E-state index contributed by atoms with van der Waals surface area (Å²) >= 11 is 3.39. The molecule has 1 aliphatic heterocycles. The molecule has 1 heterocycles. The fourth-order valence-electron chi connectivity index (χ4n) is 2.43.